The van der Waals surface area contributed by atoms with Crippen molar-refractivity contribution in [3.63, 3.8) is 0 Å². The highest BCUT2D eigenvalue weighted by molar-refractivity contribution is 6.00. The number of ether oxygens (including phenoxy) is 2. The fourth-order valence-corrected chi connectivity index (χ4v) is 4.51. The minimum atomic E-state index is -0.668. The summed E-state index contributed by atoms with van der Waals surface area (Å²) in [5.74, 6) is -1.47. The molecule has 276 valence electrons. The second-order valence-corrected chi connectivity index (χ2v) is 11.5. The molecule has 2 aromatic rings. The number of carbonyl (C=O) groups is 5. The van der Waals surface area contributed by atoms with Crippen molar-refractivity contribution in [3.05, 3.63) is 65.2 Å². The van der Waals surface area contributed by atoms with E-state index >= 15 is 0 Å². The van der Waals surface area contributed by atoms with Crippen molar-refractivity contribution in [3.8, 4) is 5.75 Å². The number of nitrogens with two attached hydrogens (primary N) is 4. The standard InChI is InChI=1S/C34H53N9O7/c35-12-6-4-10-28(37)32(46)41-16-14-39-30(44)25-20-26(31(45)40-15-17-42-33(47)29(38)11-5-7-13-36)22-27(21-25)49-19-18-43-34(48)50-23-24-8-2-1-3-9-24/h1-3,8-9,20-22,28-29H,4-7,10-19,23,35-38H2,(H,39,44)(H,40,45)(H,41,46)(H,42,47)(H,43,48)/t28-,29?/m0/s1. The maximum atomic E-state index is 13.0. The number of alkyl carbamates (subject to hydrolysis) is 1. The zero-order valence-corrected chi connectivity index (χ0v) is 28.5. The van der Waals surface area contributed by atoms with Crippen molar-refractivity contribution in [1.29, 1.82) is 0 Å². The van der Waals surface area contributed by atoms with Crippen molar-refractivity contribution in [1.82, 2.24) is 26.6 Å². The molecule has 0 saturated heterocycles. The van der Waals surface area contributed by atoms with Gasteiger partial charge in [-0.15, -0.1) is 0 Å². The van der Waals surface area contributed by atoms with Gasteiger partial charge in [-0.2, -0.15) is 0 Å². The van der Waals surface area contributed by atoms with E-state index in [4.69, 9.17) is 32.4 Å². The van der Waals surface area contributed by atoms with Gasteiger partial charge in [0.15, 0.2) is 0 Å². The van der Waals surface area contributed by atoms with E-state index in [1.807, 2.05) is 30.3 Å². The van der Waals surface area contributed by atoms with Gasteiger partial charge >= 0.3 is 6.09 Å². The predicted octanol–water partition coefficient (Wildman–Crippen LogP) is -0.404. The second kappa shape index (κ2) is 24.4. The van der Waals surface area contributed by atoms with E-state index in [-0.39, 0.29) is 74.6 Å². The Hall–Kier alpha value is -4.77. The number of unbranched alkanes of at least 4 members (excludes halogenated alkanes) is 2. The van der Waals surface area contributed by atoms with E-state index in [1.54, 1.807) is 0 Å². The molecule has 2 aromatic carbocycles. The molecule has 0 bridgehead atoms. The molecule has 0 heterocycles. The monoisotopic (exact) mass is 699 g/mol. The Kier molecular flexibility index (Phi) is 20.2. The topological polar surface area (TPSA) is 268 Å². The molecule has 16 nitrogen and oxygen atoms in total. The summed E-state index contributed by atoms with van der Waals surface area (Å²) < 4.78 is 10.9. The Labute approximate surface area is 293 Å². The molecule has 50 heavy (non-hydrogen) atoms. The fourth-order valence-electron chi connectivity index (χ4n) is 4.51. The van der Waals surface area contributed by atoms with Crippen molar-refractivity contribution >= 4 is 29.7 Å². The molecule has 0 aliphatic heterocycles. The summed E-state index contributed by atoms with van der Waals surface area (Å²) in [5, 5.41) is 13.4. The summed E-state index contributed by atoms with van der Waals surface area (Å²) in [6.45, 7) is 1.78. The molecule has 0 aliphatic rings. The van der Waals surface area contributed by atoms with E-state index in [9.17, 15) is 24.0 Å². The highest BCUT2D eigenvalue weighted by Crippen LogP contribution is 2.18. The molecule has 5 amide bonds. The minimum Gasteiger partial charge on any atom is -0.492 e. The fraction of sp³-hybridized carbons (Fsp3) is 0.500. The summed E-state index contributed by atoms with van der Waals surface area (Å²) >= 11 is 0. The first kappa shape index (κ1) is 41.4. The van der Waals surface area contributed by atoms with E-state index in [1.165, 1.54) is 18.2 Å². The molecule has 2 rings (SSSR count). The average molecular weight is 700 g/mol. The lowest BCUT2D eigenvalue weighted by molar-refractivity contribution is -0.123. The second-order valence-electron chi connectivity index (χ2n) is 11.5. The Morgan fingerprint density at radius 1 is 0.620 bits per heavy atom. The number of hydrogen-bond donors (Lipinski definition) is 9. The van der Waals surface area contributed by atoms with Crippen molar-refractivity contribution in [2.75, 3.05) is 52.4 Å². The molecule has 0 radical (unpaired) electrons. The van der Waals surface area contributed by atoms with Gasteiger partial charge in [0.25, 0.3) is 11.8 Å². The van der Waals surface area contributed by atoms with Crippen LogP contribution < -0.4 is 54.3 Å². The van der Waals surface area contributed by atoms with Crippen LogP contribution in [0, 0.1) is 0 Å². The number of hydrogen-bond acceptors (Lipinski definition) is 11. The van der Waals surface area contributed by atoms with Gasteiger partial charge in [0.2, 0.25) is 11.8 Å². The summed E-state index contributed by atoms with van der Waals surface area (Å²) in [6, 6.07) is 12.2. The highest BCUT2D eigenvalue weighted by Gasteiger charge is 2.16. The Morgan fingerprint density at radius 2 is 1.12 bits per heavy atom. The van der Waals surface area contributed by atoms with Crippen LogP contribution in [0.1, 0.15) is 64.8 Å². The van der Waals surface area contributed by atoms with E-state index in [0.29, 0.717) is 25.9 Å². The van der Waals surface area contributed by atoms with Gasteiger partial charge in [0, 0.05) is 37.3 Å². The summed E-state index contributed by atoms with van der Waals surface area (Å²) in [5.41, 5.74) is 23.9. The van der Waals surface area contributed by atoms with Crippen LogP contribution in [0.4, 0.5) is 4.79 Å². The Bertz CT molecular complexity index is 1280. The molecular weight excluding hydrogens is 646 g/mol. The van der Waals surface area contributed by atoms with Crippen molar-refractivity contribution in [2.24, 2.45) is 22.9 Å². The van der Waals surface area contributed by atoms with Crippen LogP contribution in [-0.4, -0.2) is 94.2 Å². The summed E-state index contributed by atoms with van der Waals surface area (Å²) in [7, 11) is 0. The zero-order chi connectivity index (χ0) is 36.6. The average Bonchev–Trinajstić information content (AvgIpc) is 3.12. The quantitative estimate of drug-likeness (QED) is 0.0636. The smallest absolute Gasteiger partial charge is 0.407 e. The third-order valence-corrected chi connectivity index (χ3v) is 7.32. The molecule has 0 spiro atoms. The van der Waals surface area contributed by atoms with Gasteiger partial charge in [0.05, 0.1) is 18.6 Å². The lowest BCUT2D eigenvalue weighted by Gasteiger charge is -2.14. The van der Waals surface area contributed by atoms with Crippen LogP contribution in [-0.2, 0) is 20.9 Å². The van der Waals surface area contributed by atoms with E-state index < -0.39 is 30.0 Å². The van der Waals surface area contributed by atoms with E-state index in [0.717, 1.165) is 31.2 Å². The molecule has 0 aromatic heterocycles. The summed E-state index contributed by atoms with van der Waals surface area (Å²) in [4.78, 5) is 62.6. The number of carbonyl (C=O) groups excluding carboxylic acids is 5. The van der Waals surface area contributed by atoms with Crippen LogP contribution in [0.25, 0.3) is 0 Å². The van der Waals surface area contributed by atoms with Crippen molar-refractivity contribution in [2.45, 2.75) is 57.2 Å². The lowest BCUT2D eigenvalue weighted by Crippen LogP contribution is -2.43. The predicted molar refractivity (Wildman–Crippen MR) is 189 cm³/mol. The van der Waals surface area contributed by atoms with Gasteiger partial charge in [-0.3, -0.25) is 19.2 Å². The zero-order valence-electron chi connectivity index (χ0n) is 28.5. The SMILES string of the molecule is NCCCCC(N)C(=O)NCCNC(=O)c1cc(OCCNC(=O)OCc2ccccc2)cc(C(=O)NCCNC(=O)[C@@H](N)CCCCN)c1. The first-order chi connectivity index (χ1) is 24.1. The van der Waals surface area contributed by atoms with Crippen molar-refractivity contribution < 1.29 is 33.4 Å². The van der Waals surface area contributed by atoms with Gasteiger partial charge in [-0.05, 0) is 62.5 Å². The van der Waals surface area contributed by atoms with Crippen LogP contribution >= 0.6 is 0 Å². The van der Waals surface area contributed by atoms with Gasteiger partial charge in [-0.25, -0.2) is 4.79 Å². The van der Waals surface area contributed by atoms with Crippen LogP contribution in [0.3, 0.4) is 0 Å². The van der Waals surface area contributed by atoms with Crippen LogP contribution in [0.2, 0.25) is 0 Å². The molecular formula is C34H53N9O7. The number of nitrogens with one attached hydrogen (secondary N) is 5. The number of benzene rings is 2. The Balaban J connectivity index is 1.94. The maximum Gasteiger partial charge on any atom is 0.407 e. The largest absolute Gasteiger partial charge is 0.492 e. The molecule has 16 heteroatoms. The molecule has 13 N–H and O–H groups in total. The first-order valence-corrected chi connectivity index (χ1v) is 16.9. The molecule has 0 fully saturated rings. The molecule has 0 aliphatic carbocycles. The number of amides is 5. The highest BCUT2D eigenvalue weighted by atomic mass is 16.5. The van der Waals surface area contributed by atoms with Crippen LogP contribution in [0.15, 0.2) is 48.5 Å². The lowest BCUT2D eigenvalue weighted by atomic mass is 10.1. The van der Waals surface area contributed by atoms with Gasteiger partial charge in [0.1, 0.15) is 19.0 Å². The molecule has 1 unspecified atom stereocenters. The van der Waals surface area contributed by atoms with E-state index in [2.05, 4.69) is 26.6 Å². The molecule has 0 saturated carbocycles. The third kappa shape index (κ3) is 17.1. The molecule has 2 atom stereocenters. The van der Waals surface area contributed by atoms with Gasteiger partial charge in [-0.1, -0.05) is 43.2 Å². The third-order valence-electron chi connectivity index (χ3n) is 7.32. The maximum absolute atomic E-state index is 13.0. The van der Waals surface area contributed by atoms with Crippen LogP contribution in [0.5, 0.6) is 5.75 Å². The first-order valence-electron chi connectivity index (χ1n) is 16.9. The number of rotatable bonds is 24. The Morgan fingerprint density at radius 3 is 1.62 bits per heavy atom. The normalized spacial score (nSPS) is 11.8. The minimum absolute atomic E-state index is 0.0156. The van der Waals surface area contributed by atoms with Gasteiger partial charge < -0.3 is 59.0 Å². The summed E-state index contributed by atoms with van der Waals surface area (Å²) in [6.07, 6.45) is 3.42.